The van der Waals surface area contributed by atoms with Gasteiger partial charge in [0.15, 0.2) is 0 Å². The Bertz CT molecular complexity index is 1400. The summed E-state index contributed by atoms with van der Waals surface area (Å²) in [5.74, 6) is -0.618. The van der Waals surface area contributed by atoms with Crippen LogP contribution in [0.1, 0.15) is 26.4 Å². The Hall–Kier alpha value is -3.78. The number of rotatable bonds is 5. The van der Waals surface area contributed by atoms with E-state index in [0.717, 1.165) is 11.1 Å². The van der Waals surface area contributed by atoms with Gasteiger partial charge in [-0.05, 0) is 55.7 Å². The molecule has 7 nitrogen and oxygen atoms in total. The van der Waals surface area contributed by atoms with E-state index in [9.17, 15) is 14.4 Å². The summed E-state index contributed by atoms with van der Waals surface area (Å²) in [7, 11) is 0. The molecule has 2 aromatic heterocycles. The highest BCUT2D eigenvalue weighted by atomic mass is 32.1. The summed E-state index contributed by atoms with van der Waals surface area (Å²) in [5.41, 5.74) is 3.56. The number of carbonyl (C=O) groups is 2. The molecule has 0 bridgehead atoms. The number of aromatic nitrogens is 2. The number of anilines is 2. The van der Waals surface area contributed by atoms with Crippen molar-refractivity contribution in [2.24, 2.45) is 0 Å². The molecule has 32 heavy (non-hydrogen) atoms. The Balaban J connectivity index is 1.59. The van der Waals surface area contributed by atoms with E-state index in [1.807, 2.05) is 56.3 Å². The molecule has 0 saturated heterocycles. The molecule has 0 aliphatic rings. The van der Waals surface area contributed by atoms with Crippen molar-refractivity contribution in [3.63, 3.8) is 0 Å². The largest absolute Gasteiger partial charge is 0.325 e. The fourth-order valence-corrected chi connectivity index (χ4v) is 4.49. The minimum atomic E-state index is -0.349. The summed E-state index contributed by atoms with van der Waals surface area (Å²) in [5, 5.41) is 6.04. The molecule has 0 aliphatic carbocycles. The molecule has 162 valence electrons. The lowest BCUT2D eigenvalue weighted by molar-refractivity contribution is -0.116. The Labute approximate surface area is 188 Å². The van der Waals surface area contributed by atoms with Gasteiger partial charge in [-0.15, -0.1) is 11.3 Å². The molecule has 2 heterocycles. The number of hydrogen-bond donors (Lipinski definition) is 2. The van der Waals surface area contributed by atoms with Gasteiger partial charge in [0, 0.05) is 11.4 Å². The van der Waals surface area contributed by atoms with Crippen molar-refractivity contribution in [1.29, 1.82) is 0 Å². The molecule has 4 aromatic rings. The van der Waals surface area contributed by atoms with Crippen molar-refractivity contribution < 1.29 is 9.59 Å². The van der Waals surface area contributed by atoms with Crippen LogP contribution in [0.3, 0.4) is 0 Å². The van der Waals surface area contributed by atoms with E-state index in [1.165, 1.54) is 22.2 Å². The molecule has 2 N–H and O–H groups in total. The highest BCUT2D eigenvalue weighted by molar-refractivity contribution is 7.20. The van der Waals surface area contributed by atoms with Crippen LogP contribution in [-0.4, -0.2) is 21.4 Å². The maximum atomic E-state index is 13.1. The monoisotopic (exact) mass is 446 g/mol. The molecule has 0 atom stereocenters. The first kappa shape index (κ1) is 21.5. The number of nitrogens with zero attached hydrogens (tertiary/aromatic N) is 2. The van der Waals surface area contributed by atoms with Gasteiger partial charge in [-0.2, -0.15) is 0 Å². The lowest BCUT2D eigenvalue weighted by Crippen LogP contribution is -2.28. The van der Waals surface area contributed by atoms with E-state index < -0.39 is 0 Å². The molecule has 2 amide bonds. The van der Waals surface area contributed by atoms with Crippen LogP contribution in [0.4, 0.5) is 11.4 Å². The number of para-hydroxylation sites is 1. The van der Waals surface area contributed by atoms with Crippen LogP contribution in [0, 0.1) is 20.8 Å². The molecule has 0 fully saturated rings. The third-order valence-electron chi connectivity index (χ3n) is 5.13. The average molecular weight is 447 g/mol. The highest BCUT2D eigenvalue weighted by Crippen LogP contribution is 2.28. The number of nitrogens with one attached hydrogen (secondary N) is 2. The first-order valence-corrected chi connectivity index (χ1v) is 10.9. The zero-order valence-electron chi connectivity index (χ0n) is 17.9. The van der Waals surface area contributed by atoms with E-state index in [2.05, 4.69) is 15.6 Å². The Kier molecular flexibility index (Phi) is 5.87. The normalized spacial score (nSPS) is 10.8. The van der Waals surface area contributed by atoms with Crippen molar-refractivity contribution in [3.8, 4) is 0 Å². The molecule has 2 aromatic carbocycles. The van der Waals surface area contributed by atoms with E-state index in [0.29, 0.717) is 32.0 Å². The van der Waals surface area contributed by atoms with Crippen LogP contribution >= 0.6 is 11.3 Å². The highest BCUT2D eigenvalue weighted by Gasteiger charge is 2.20. The van der Waals surface area contributed by atoms with Crippen LogP contribution in [0.5, 0.6) is 0 Å². The second kappa shape index (κ2) is 8.76. The third kappa shape index (κ3) is 4.31. The summed E-state index contributed by atoms with van der Waals surface area (Å²) in [6.45, 7) is 5.40. The van der Waals surface area contributed by atoms with Crippen molar-refractivity contribution in [1.82, 2.24) is 9.55 Å². The number of thiophene rings is 1. The van der Waals surface area contributed by atoms with Crippen molar-refractivity contribution in [2.75, 3.05) is 10.6 Å². The zero-order chi connectivity index (χ0) is 22.8. The fourth-order valence-electron chi connectivity index (χ4n) is 3.46. The van der Waals surface area contributed by atoms with Crippen LogP contribution in [0.25, 0.3) is 10.2 Å². The van der Waals surface area contributed by atoms with Crippen LogP contribution in [0.2, 0.25) is 0 Å². The van der Waals surface area contributed by atoms with Crippen LogP contribution < -0.4 is 16.2 Å². The zero-order valence-corrected chi connectivity index (χ0v) is 18.7. The van der Waals surface area contributed by atoms with Crippen molar-refractivity contribution >= 4 is 44.7 Å². The predicted octanol–water partition coefficient (Wildman–Crippen LogP) is 4.27. The van der Waals surface area contributed by atoms with E-state index in [4.69, 9.17) is 0 Å². The molecule has 8 heteroatoms. The number of hydrogen-bond acceptors (Lipinski definition) is 5. The summed E-state index contributed by atoms with van der Waals surface area (Å²) < 4.78 is 1.26. The summed E-state index contributed by atoms with van der Waals surface area (Å²) in [6, 6.07) is 14.9. The minimum Gasteiger partial charge on any atom is -0.325 e. The van der Waals surface area contributed by atoms with E-state index >= 15 is 0 Å². The molecule has 0 aliphatic heterocycles. The Morgan fingerprint density at radius 3 is 2.56 bits per heavy atom. The smallest absolute Gasteiger partial charge is 0.266 e. The number of carbonyl (C=O) groups excluding carboxylic acids is 2. The number of benzene rings is 2. The molecule has 0 unspecified atom stereocenters. The molecule has 0 spiro atoms. The summed E-state index contributed by atoms with van der Waals surface area (Å²) in [4.78, 5) is 43.6. The van der Waals surface area contributed by atoms with Gasteiger partial charge in [-0.1, -0.05) is 30.3 Å². The summed E-state index contributed by atoms with van der Waals surface area (Å²) >= 11 is 1.17. The molecular formula is C24H22N4O3S. The van der Waals surface area contributed by atoms with Gasteiger partial charge in [0.25, 0.3) is 11.5 Å². The first-order chi connectivity index (χ1) is 15.3. The number of fused-ring (bicyclic) bond motifs is 1. The van der Waals surface area contributed by atoms with Crippen LogP contribution in [-0.2, 0) is 11.3 Å². The first-order valence-electron chi connectivity index (χ1n) is 10.1. The van der Waals surface area contributed by atoms with Gasteiger partial charge >= 0.3 is 0 Å². The number of amides is 2. The molecule has 0 radical (unpaired) electrons. The lowest BCUT2D eigenvalue weighted by Gasteiger charge is -2.08. The van der Waals surface area contributed by atoms with Crippen molar-refractivity contribution in [2.45, 2.75) is 27.3 Å². The van der Waals surface area contributed by atoms with Gasteiger partial charge in [-0.25, -0.2) is 4.98 Å². The predicted molar refractivity (Wildman–Crippen MR) is 128 cm³/mol. The van der Waals surface area contributed by atoms with Gasteiger partial charge in [0.1, 0.15) is 11.4 Å². The van der Waals surface area contributed by atoms with E-state index in [1.54, 1.807) is 13.0 Å². The SMILES string of the molecule is Cc1cccc(NC(=O)Cn2cnc3sc(C(=O)Nc4ccccc4C)c(C)c3c2=O)c1. The second-order valence-corrected chi connectivity index (χ2v) is 8.60. The molecule has 0 saturated carbocycles. The van der Waals surface area contributed by atoms with Crippen LogP contribution in [0.15, 0.2) is 59.7 Å². The summed E-state index contributed by atoms with van der Waals surface area (Å²) in [6.07, 6.45) is 1.35. The van der Waals surface area contributed by atoms with Crippen molar-refractivity contribution in [3.05, 3.63) is 86.8 Å². The molecule has 4 rings (SSSR count). The Morgan fingerprint density at radius 1 is 1.03 bits per heavy atom. The average Bonchev–Trinajstić information content (AvgIpc) is 3.09. The minimum absolute atomic E-state index is 0.171. The topological polar surface area (TPSA) is 93.1 Å². The Morgan fingerprint density at radius 2 is 1.81 bits per heavy atom. The van der Waals surface area contributed by atoms with Gasteiger partial charge in [-0.3, -0.25) is 19.0 Å². The molecular weight excluding hydrogens is 424 g/mol. The third-order valence-corrected chi connectivity index (χ3v) is 6.33. The van der Waals surface area contributed by atoms with E-state index in [-0.39, 0.29) is 23.9 Å². The maximum absolute atomic E-state index is 13.1. The maximum Gasteiger partial charge on any atom is 0.266 e. The van der Waals surface area contributed by atoms with Gasteiger partial charge < -0.3 is 10.6 Å². The fraction of sp³-hybridized carbons (Fsp3) is 0.167. The van der Waals surface area contributed by atoms with Gasteiger partial charge in [0.2, 0.25) is 5.91 Å². The second-order valence-electron chi connectivity index (χ2n) is 7.60. The number of aryl methyl sites for hydroxylation is 3. The quantitative estimate of drug-likeness (QED) is 0.479. The lowest BCUT2D eigenvalue weighted by atomic mass is 10.2. The standard InChI is InChI=1S/C24H22N4O3S/c1-14-7-6-9-17(11-14)26-19(29)12-28-13-25-23-20(24(28)31)16(3)21(32-23)22(30)27-18-10-5-4-8-15(18)2/h4-11,13H,12H2,1-3H3,(H,26,29)(H,27,30). The van der Waals surface area contributed by atoms with Gasteiger partial charge in [0.05, 0.1) is 16.6 Å².